The number of carbonyl (C=O) groups is 2. The first kappa shape index (κ1) is 44.1. The average molecular weight is 734 g/mol. The van der Waals surface area contributed by atoms with E-state index in [1.807, 2.05) is 25.9 Å². The Labute approximate surface area is 304 Å². The molecule has 5 N–H and O–H groups in total. The van der Waals surface area contributed by atoms with Crippen LogP contribution in [0.5, 0.6) is 0 Å². The van der Waals surface area contributed by atoms with Gasteiger partial charge in [-0.05, 0) is 74.9 Å². The van der Waals surface area contributed by atoms with Crippen LogP contribution in [0.3, 0.4) is 0 Å². The van der Waals surface area contributed by atoms with E-state index in [1.54, 1.807) is 41.5 Å². The highest BCUT2D eigenvalue weighted by Gasteiger charge is 2.53. The zero-order valence-electron chi connectivity index (χ0n) is 32.9. The molecule has 3 heterocycles. The molecule has 3 rings (SSSR count). The summed E-state index contributed by atoms with van der Waals surface area (Å²) < 4.78 is 37.1. The molecule has 3 fully saturated rings. The SMILES string of the molecule is CCC1OC(=O)[C@@H](C)C(O[C@H]2C[C@@](C)(OC)[C@@H](O)[C@H](C)O2)[C@@H](C)[C@H](O[C@@H]2O[C@H](C)C[C@H](N(C)C)[C@H]2O)[C@@](C)(O)C[C@H](C)C(=O)C(C)[C@@H](O)[C@]1(C)O. The number of nitrogens with zero attached hydrogens (tertiary/aromatic N) is 1. The van der Waals surface area contributed by atoms with Gasteiger partial charge in [0.25, 0.3) is 0 Å². The van der Waals surface area contributed by atoms with Crippen molar-refractivity contribution in [1.82, 2.24) is 4.90 Å². The van der Waals surface area contributed by atoms with E-state index in [2.05, 4.69) is 0 Å². The number of carbonyl (C=O) groups excluding carboxylic acids is 2. The fourth-order valence-electron chi connectivity index (χ4n) is 8.41. The number of likely N-dealkylation sites (N-methyl/N-ethyl adjacent to an activating group) is 1. The lowest BCUT2D eigenvalue weighted by Gasteiger charge is -2.49. The van der Waals surface area contributed by atoms with Crippen LogP contribution in [-0.2, 0) is 38.0 Å². The van der Waals surface area contributed by atoms with E-state index in [-0.39, 0.29) is 31.4 Å². The molecule has 0 aromatic carbocycles. The Hall–Kier alpha value is -1.30. The minimum atomic E-state index is -1.99. The van der Waals surface area contributed by atoms with Gasteiger partial charge in [-0.3, -0.25) is 9.59 Å². The van der Waals surface area contributed by atoms with Gasteiger partial charge in [-0.15, -0.1) is 0 Å². The maximum absolute atomic E-state index is 14.1. The normalized spacial score (nSPS) is 49.7. The molecule has 3 aliphatic rings. The van der Waals surface area contributed by atoms with Gasteiger partial charge in [-0.25, -0.2) is 0 Å². The van der Waals surface area contributed by atoms with Crippen molar-refractivity contribution in [3.05, 3.63) is 0 Å². The van der Waals surface area contributed by atoms with Crippen LogP contribution < -0.4 is 0 Å². The molecule has 0 aromatic heterocycles. The monoisotopic (exact) mass is 733 g/mol. The quantitative estimate of drug-likeness (QED) is 0.238. The summed E-state index contributed by atoms with van der Waals surface area (Å²) >= 11 is 0. The number of aliphatic hydroxyl groups is 5. The van der Waals surface area contributed by atoms with Gasteiger partial charge >= 0.3 is 5.97 Å². The Balaban J connectivity index is 2.18. The van der Waals surface area contributed by atoms with Crippen LogP contribution in [0.4, 0.5) is 0 Å². The smallest absolute Gasteiger partial charge is 0.311 e. The van der Waals surface area contributed by atoms with Gasteiger partial charge in [0.15, 0.2) is 12.6 Å². The number of hydrogen-bond donors (Lipinski definition) is 5. The van der Waals surface area contributed by atoms with Gasteiger partial charge < -0.3 is 58.9 Å². The van der Waals surface area contributed by atoms with Crippen molar-refractivity contribution in [2.24, 2.45) is 23.7 Å². The van der Waals surface area contributed by atoms with Gasteiger partial charge in [-0.1, -0.05) is 27.7 Å². The Morgan fingerprint density at radius 2 is 1.49 bits per heavy atom. The summed E-state index contributed by atoms with van der Waals surface area (Å²) in [5, 5.41) is 57.6. The summed E-state index contributed by atoms with van der Waals surface area (Å²) in [5.74, 6) is -4.98. The third-order valence-corrected chi connectivity index (χ3v) is 11.8. The van der Waals surface area contributed by atoms with Crippen molar-refractivity contribution in [2.75, 3.05) is 21.2 Å². The van der Waals surface area contributed by atoms with Gasteiger partial charge in [0.2, 0.25) is 0 Å². The molecule has 0 amide bonds. The number of methoxy groups -OCH3 is 1. The maximum Gasteiger partial charge on any atom is 0.311 e. The summed E-state index contributed by atoms with van der Waals surface area (Å²) in [7, 11) is 5.18. The van der Waals surface area contributed by atoms with Gasteiger partial charge in [0, 0.05) is 37.3 Å². The molecule has 0 spiro atoms. The zero-order chi connectivity index (χ0) is 39.0. The third-order valence-electron chi connectivity index (χ3n) is 11.8. The molecule has 298 valence electrons. The second-order valence-electron chi connectivity index (χ2n) is 16.5. The fourth-order valence-corrected chi connectivity index (χ4v) is 8.41. The lowest BCUT2D eigenvalue weighted by molar-refractivity contribution is -0.318. The van der Waals surface area contributed by atoms with Crippen molar-refractivity contribution >= 4 is 11.8 Å². The number of hydrogen-bond acceptors (Lipinski definition) is 14. The van der Waals surface area contributed by atoms with Crippen LogP contribution >= 0.6 is 0 Å². The molecule has 14 nitrogen and oxygen atoms in total. The van der Waals surface area contributed by atoms with Crippen molar-refractivity contribution in [2.45, 2.75) is 179 Å². The first-order valence-corrected chi connectivity index (χ1v) is 18.5. The van der Waals surface area contributed by atoms with Crippen LogP contribution in [0.15, 0.2) is 0 Å². The van der Waals surface area contributed by atoms with E-state index < -0.39 is 108 Å². The highest BCUT2D eigenvalue weighted by atomic mass is 16.7. The van der Waals surface area contributed by atoms with Crippen molar-refractivity contribution in [3.8, 4) is 0 Å². The number of Topliss-reactive ketones (excluding diaryl/α,β-unsaturated/α-hetero) is 1. The van der Waals surface area contributed by atoms with Crippen LogP contribution in [-0.4, -0.2) is 148 Å². The van der Waals surface area contributed by atoms with E-state index in [0.717, 1.165) is 0 Å². The molecule has 0 bridgehead atoms. The lowest BCUT2D eigenvalue weighted by Crippen LogP contribution is -2.61. The molecule has 18 atom stereocenters. The number of ketones is 1. The number of aliphatic hydroxyl groups excluding tert-OH is 3. The number of esters is 1. The van der Waals surface area contributed by atoms with Gasteiger partial charge in [0.1, 0.15) is 29.7 Å². The molecule has 3 saturated heterocycles. The molecule has 0 aromatic rings. The molecule has 14 heteroatoms. The van der Waals surface area contributed by atoms with E-state index in [1.165, 1.54) is 27.9 Å². The Morgan fingerprint density at radius 3 is 2.04 bits per heavy atom. The first-order chi connectivity index (χ1) is 23.4. The number of rotatable bonds is 7. The number of ether oxygens (including phenoxy) is 6. The van der Waals surface area contributed by atoms with Gasteiger partial charge in [0.05, 0.1) is 47.6 Å². The highest BCUT2D eigenvalue weighted by molar-refractivity contribution is 5.83. The second-order valence-corrected chi connectivity index (χ2v) is 16.5. The van der Waals surface area contributed by atoms with E-state index in [0.29, 0.717) is 6.42 Å². The molecule has 0 radical (unpaired) electrons. The summed E-state index contributed by atoms with van der Waals surface area (Å²) in [4.78, 5) is 29.8. The topological polar surface area (TPSA) is 194 Å². The van der Waals surface area contributed by atoms with E-state index >= 15 is 0 Å². The standard InChI is InChI=1S/C37H67NO13/c1-14-25-37(10,45)30(41)20(4)27(39)18(2)16-35(8,44)32(51-34-28(40)24(38(11)12)15-19(3)47-34)21(5)29(22(6)33(43)49-25)50-26-17-36(9,46-13)31(42)23(7)48-26/h18-26,28-32,34,40-42,44-45H,14-17H2,1-13H3/t18-,19+,20?,21+,22-,23-,24-,25?,26-,28+,29?,30+,31-,32-,34-,35-,36+,37+/m0/s1. The Morgan fingerprint density at radius 1 is 0.882 bits per heavy atom. The molecule has 0 aliphatic carbocycles. The fraction of sp³-hybridized carbons (Fsp3) is 0.946. The minimum absolute atomic E-state index is 0.0936. The predicted molar refractivity (Wildman–Crippen MR) is 186 cm³/mol. The molecule has 51 heavy (non-hydrogen) atoms. The molecule has 3 aliphatic heterocycles. The van der Waals surface area contributed by atoms with E-state index in [9.17, 15) is 35.1 Å². The predicted octanol–water partition coefficient (Wildman–Crippen LogP) is 1.79. The largest absolute Gasteiger partial charge is 0.459 e. The zero-order valence-corrected chi connectivity index (χ0v) is 32.9. The van der Waals surface area contributed by atoms with Crippen LogP contribution in [0.2, 0.25) is 0 Å². The summed E-state index contributed by atoms with van der Waals surface area (Å²) in [5.41, 5.74) is -4.84. The molecular weight excluding hydrogens is 666 g/mol. The first-order valence-electron chi connectivity index (χ1n) is 18.5. The second kappa shape index (κ2) is 17.0. The molecule has 0 saturated carbocycles. The molecule has 3 unspecified atom stereocenters. The highest BCUT2D eigenvalue weighted by Crippen LogP contribution is 2.40. The summed E-state index contributed by atoms with van der Waals surface area (Å²) in [6.45, 7) is 16.3. The molecular formula is C37H67NO13. The lowest BCUT2D eigenvalue weighted by atomic mass is 9.74. The van der Waals surface area contributed by atoms with Crippen molar-refractivity contribution < 1.29 is 63.5 Å². The Bertz CT molecular complexity index is 1170. The van der Waals surface area contributed by atoms with Crippen LogP contribution in [0, 0.1) is 23.7 Å². The van der Waals surface area contributed by atoms with Crippen LogP contribution in [0.25, 0.3) is 0 Å². The number of cyclic esters (lactones) is 1. The van der Waals surface area contributed by atoms with Crippen LogP contribution in [0.1, 0.15) is 94.9 Å². The minimum Gasteiger partial charge on any atom is -0.459 e. The van der Waals surface area contributed by atoms with Crippen molar-refractivity contribution in [1.29, 1.82) is 0 Å². The van der Waals surface area contributed by atoms with Crippen molar-refractivity contribution in [3.63, 3.8) is 0 Å². The third kappa shape index (κ3) is 9.51. The average Bonchev–Trinajstić information content (AvgIpc) is 3.05. The van der Waals surface area contributed by atoms with Gasteiger partial charge in [-0.2, -0.15) is 0 Å². The summed E-state index contributed by atoms with van der Waals surface area (Å²) in [6, 6.07) is -0.324. The summed E-state index contributed by atoms with van der Waals surface area (Å²) in [6.07, 6.45) is -9.71. The maximum atomic E-state index is 14.1. The Kier molecular flexibility index (Phi) is 14.7. The van der Waals surface area contributed by atoms with E-state index in [4.69, 9.17) is 28.4 Å².